The second kappa shape index (κ2) is 6.29. The van der Waals surface area contributed by atoms with Crippen molar-refractivity contribution >= 4 is 11.0 Å². The van der Waals surface area contributed by atoms with Crippen LogP contribution >= 0.6 is 0 Å². The van der Waals surface area contributed by atoms with Crippen LogP contribution in [-0.4, -0.2) is 15.7 Å². The number of fused-ring (bicyclic) bond motifs is 2. The van der Waals surface area contributed by atoms with Crippen molar-refractivity contribution in [2.45, 2.75) is 39.5 Å². The summed E-state index contributed by atoms with van der Waals surface area (Å²) in [5, 5.41) is 0. The van der Waals surface area contributed by atoms with E-state index in [1.54, 1.807) is 0 Å². The zero-order valence-corrected chi connectivity index (χ0v) is 14.2. The first-order valence-electron chi connectivity index (χ1n) is 8.86. The van der Waals surface area contributed by atoms with E-state index in [1.165, 1.54) is 16.0 Å². The van der Waals surface area contributed by atoms with Crippen molar-refractivity contribution in [3.63, 3.8) is 0 Å². The second-order valence-electron chi connectivity index (χ2n) is 6.70. The number of imidazole rings is 1. The Morgan fingerprint density at radius 3 is 2.38 bits per heavy atom. The molecule has 2 heterocycles. The van der Waals surface area contributed by atoms with Crippen LogP contribution in [0.3, 0.4) is 0 Å². The standard InChI is InChI=1S/C20H23N3O/c1-2-12-22-18-9-5-6-10-19(18)23(20(22)24)15-21-13-11-16-7-3-4-8-17(16)14-21/h3-10H,2,11-15H2,1H3/p+1. The third-order valence-electron chi connectivity index (χ3n) is 5.06. The molecule has 0 bridgehead atoms. The Morgan fingerprint density at radius 2 is 1.62 bits per heavy atom. The monoisotopic (exact) mass is 322 g/mol. The summed E-state index contributed by atoms with van der Waals surface area (Å²) < 4.78 is 3.89. The quantitative estimate of drug-likeness (QED) is 0.780. The second-order valence-corrected chi connectivity index (χ2v) is 6.70. The molecule has 2 aromatic carbocycles. The topological polar surface area (TPSA) is 31.4 Å². The van der Waals surface area contributed by atoms with Gasteiger partial charge in [-0.3, -0.25) is 4.57 Å². The summed E-state index contributed by atoms with van der Waals surface area (Å²) in [5.41, 5.74) is 5.12. The Balaban J connectivity index is 1.68. The zero-order chi connectivity index (χ0) is 16.5. The van der Waals surface area contributed by atoms with Gasteiger partial charge in [-0.15, -0.1) is 0 Å². The fourth-order valence-corrected chi connectivity index (χ4v) is 3.87. The number of nitrogens with zero attached hydrogens (tertiary/aromatic N) is 2. The predicted molar refractivity (Wildman–Crippen MR) is 96.2 cm³/mol. The van der Waals surface area contributed by atoms with Gasteiger partial charge in [-0.25, -0.2) is 9.36 Å². The highest BCUT2D eigenvalue weighted by molar-refractivity contribution is 5.75. The lowest BCUT2D eigenvalue weighted by Gasteiger charge is -2.26. The van der Waals surface area contributed by atoms with Crippen molar-refractivity contribution in [3.05, 3.63) is 70.1 Å². The van der Waals surface area contributed by atoms with Gasteiger partial charge in [-0.05, 0) is 24.1 Å². The van der Waals surface area contributed by atoms with Crippen LogP contribution in [0.15, 0.2) is 53.3 Å². The third kappa shape index (κ3) is 2.57. The molecule has 1 N–H and O–H groups in total. The van der Waals surface area contributed by atoms with Crippen molar-refractivity contribution in [3.8, 4) is 0 Å². The van der Waals surface area contributed by atoms with E-state index in [0.717, 1.165) is 50.2 Å². The highest BCUT2D eigenvalue weighted by Crippen LogP contribution is 2.13. The van der Waals surface area contributed by atoms with E-state index in [-0.39, 0.29) is 5.69 Å². The first-order chi connectivity index (χ1) is 11.8. The fourth-order valence-electron chi connectivity index (χ4n) is 3.87. The van der Waals surface area contributed by atoms with Gasteiger partial charge < -0.3 is 4.90 Å². The summed E-state index contributed by atoms with van der Waals surface area (Å²) in [5.74, 6) is 0. The molecule has 0 aliphatic carbocycles. The van der Waals surface area contributed by atoms with Gasteiger partial charge in [0.25, 0.3) is 0 Å². The third-order valence-corrected chi connectivity index (χ3v) is 5.06. The van der Waals surface area contributed by atoms with Gasteiger partial charge in [-0.2, -0.15) is 0 Å². The normalized spacial score (nSPS) is 17.1. The Bertz CT molecular complexity index is 922. The number of aromatic nitrogens is 2. The van der Waals surface area contributed by atoms with E-state index < -0.39 is 0 Å². The SMILES string of the molecule is CCCn1c(=O)n(C[NH+]2CCc3ccccc3C2)c2ccccc21. The molecule has 0 amide bonds. The molecular weight excluding hydrogens is 298 g/mol. The van der Waals surface area contributed by atoms with Gasteiger partial charge in [0.15, 0.2) is 6.67 Å². The maximum Gasteiger partial charge on any atom is 0.333 e. The first kappa shape index (κ1) is 15.2. The van der Waals surface area contributed by atoms with Crippen LogP contribution in [0.2, 0.25) is 0 Å². The molecule has 0 saturated carbocycles. The summed E-state index contributed by atoms with van der Waals surface area (Å²) in [6.45, 7) is 5.72. The lowest BCUT2D eigenvalue weighted by molar-refractivity contribution is -0.938. The van der Waals surface area contributed by atoms with Crippen LogP contribution < -0.4 is 10.6 Å². The van der Waals surface area contributed by atoms with Crippen molar-refractivity contribution in [2.24, 2.45) is 0 Å². The van der Waals surface area contributed by atoms with Crippen LogP contribution in [0.5, 0.6) is 0 Å². The van der Waals surface area contributed by atoms with E-state index in [1.807, 2.05) is 21.3 Å². The Hall–Kier alpha value is -2.33. The van der Waals surface area contributed by atoms with Crippen LogP contribution in [0.1, 0.15) is 24.5 Å². The van der Waals surface area contributed by atoms with E-state index in [0.29, 0.717) is 0 Å². The molecule has 124 valence electrons. The van der Waals surface area contributed by atoms with Gasteiger partial charge in [0.05, 0.1) is 17.6 Å². The number of nitrogens with one attached hydrogen (secondary N) is 1. The van der Waals surface area contributed by atoms with Gasteiger partial charge in [0.2, 0.25) is 0 Å². The van der Waals surface area contributed by atoms with Gasteiger partial charge in [0.1, 0.15) is 6.54 Å². The minimum atomic E-state index is 0.129. The highest BCUT2D eigenvalue weighted by Gasteiger charge is 2.21. The molecule has 1 aromatic heterocycles. The predicted octanol–water partition coefficient (Wildman–Crippen LogP) is 1.81. The van der Waals surface area contributed by atoms with Gasteiger partial charge in [-0.1, -0.05) is 43.3 Å². The fraction of sp³-hybridized carbons (Fsp3) is 0.350. The van der Waals surface area contributed by atoms with Gasteiger partial charge >= 0.3 is 5.69 Å². The molecular formula is C20H24N3O+. The van der Waals surface area contributed by atoms with Crippen molar-refractivity contribution < 1.29 is 4.90 Å². The summed E-state index contributed by atoms with van der Waals surface area (Å²) in [7, 11) is 0. The average molecular weight is 322 g/mol. The molecule has 0 spiro atoms. The Labute approximate surface area is 141 Å². The number of quaternary nitrogens is 1. The first-order valence-corrected chi connectivity index (χ1v) is 8.86. The van der Waals surface area contributed by atoms with Crippen molar-refractivity contribution in [1.29, 1.82) is 0 Å². The molecule has 1 unspecified atom stereocenters. The van der Waals surface area contributed by atoms with E-state index >= 15 is 0 Å². The lowest BCUT2D eigenvalue weighted by atomic mass is 10.0. The zero-order valence-electron chi connectivity index (χ0n) is 14.2. The number of benzene rings is 2. The van der Waals surface area contributed by atoms with E-state index in [4.69, 9.17) is 0 Å². The molecule has 0 radical (unpaired) electrons. The number of rotatable bonds is 4. The van der Waals surface area contributed by atoms with Crippen LogP contribution in [-0.2, 0) is 26.2 Å². The summed E-state index contributed by atoms with van der Waals surface area (Å²) in [6.07, 6.45) is 2.06. The molecule has 1 aliphatic heterocycles. The number of aryl methyl sites for hydroxylation is 1. The molecule has 1 aliphatic rings. The highest BCUT2D eigenvalue weighted by atomic mass is 16.1. The molecule has 0 saturated heterocycles. The molecule has 4 heteroatoms. The van der Waals surface area contributed by atoms with E-state index in [2.05, 4.69) is 43.3 Å². The van der Waals surface area contributed by atoms with Gasteiger partial charge in [0, 0.05) is 18.5 Å². The lowest BCUT2D eigenvalue weighted by Crippen LogP contribution is -3.11. The maximum atomic E-state index is 12.9. The Kier molecular flexibility index (Phi) is 3.98. The summed E-state index contributed by atoms with van der Waals surface area (Å²) in [4.78, 5) is 14.4. The maximum absolute atomic E-state index is 12.9. The smallest absolute Gasteiger partial charge is 0.313 e. The van der Waals surface area contributed by atoms with Crippen molar-refractivity contribution in [2.75, 3.05) is 6.54 Å². The largest absolute Gasteiger partial charge is 0.333 e. The number of hydrogen-bond donors (Lipinski definition) is 1. The van der Waals surface area contributed by atoms with Crippen LogP contribution in [0.25, 0.3) is 11.0 Å². The van der Waals surface area contributed by atoms with E-state index in [9.17, 15) is 4.79 Å². The number of hydrogen-bond acceptors (Lipinski definition) is 1. The van der Waals surface area contributed by atoms with Crippen LogP contribution in [0, 0.1) is 0 Å². The molecule has 1 atom stereocenters. The Morgan fingerprint density at radius 1 is 0.958 bits per heavy atom. The van der Waals surface area contributed by atoms with Crippen LogP contribution in [0.4, 0.5) is 0 Å². The number of para-hydroxylation sites is 2. The molecule has 24 heavy (non-hydrogen) atoms. The minimum Gasteiger partial charge on any atom is -0.313 e. The summed E-state index contributed by atoms with van der Waals surface area (Å²) >= 11 is 0. The minimum absolute atomic E-state index is 0.129. The molecule has 4 nitrogen and oxygen atoms in total. The average Bonchev–Trinajstić information content (AvgIpc) is 2.88. The molecule has 3 aromatic rings. The molecule has 0 fully saturated rings. The molecule has 4 rings (SSSR count). The van der Waals surface area contributed by atoms with Crippen molar-refractivity contribution in [1.82, 2.24) is 9.13 Å². The summed E-state index contributed by atoms with van der Waals surface area (Å²) in [6, 6.07) is 16.8.